The van der Waals surface area contributed by atoms with Crippen LogP contribution >= 0.6 is 11.6 Å². The van der Waals surface area contributed by atoms with Crippen molar-refractivity contribution in [1.29, 1.82) is 0 Å². The second-order valence-corrected chi connectivity index (χ2v) is 6.76. The van der Waals surface area contributed by atoms with E-state index in [1.165, 1.54) is 0 Å². The van der Waals surface area contributed by atoms with E-state index in [1.54, 1.807) is 30.3 Å². The maximum absolute atomic E-state index is 12.5. The first-order chi connectivity index (χ1) is 13.6. The minimum Gasteiger partial charge on any atom is -0.497 e. The number of carbonyl (C=O) groups is 1. The van der Waals surface area contributed by atoms with Crippen molar-refractivity contribution in [2.24, 2.45) is 0 Å². The van der Waals surface area contributed by atoms with Gasteiger partial charge >= 0.3 is 0 Å². The number of nitrogens with one attached hydrogen (secondary N) is 2. The molecule has 4 aromatic rings. The summed E-state index contributed by atoms with van der Waals surface area (Å²) >= 11 is 6.05. The lowest BCUT2D eigenvalue weighted by Gasteiger charge is -2.04. The SMILES string of the molecule is COc1cccc(Cn2cc(C(=O)NCc3n[nH]c4ccc(Cl)cc34)cn2)c1. The Balaban J connectivity index is 1.42. The molecule has 28 heavy (non-hydrogen) atoms. The predicted molar refractivity (Wildman–Crippen MR) is 107 cm³/mol. The van der Waals surface area contributed by atoms with Gasteiger partial charge in [-0.15, -0.1) is 0 Å². The normalized spacial score (nSPS) is 10.9. The van der Waals surface area contributed by atoms with Crippen LogP contribution in [-0.2, 0) is 13.1 Å². The second kappa shape index (κ2) is 7.74. The number of benzene rings is 2. The number of nitrogens with zero attached hydrogens (tertiary/aromatic N) is 3. The van der Waals surface area contributed by atoms with Gasteiger partial charge in [0.1, 0.15) is 5.75 Å². The van der Waals surface area contributed by atoms with Gasteiger partial charge in [-0.25, -0.2) is 0 Å². The van der Waals surface area contributed by atoms with Crippen LogP contribution in [0.4, 0.5) is 0 Å². The Morgan fingerprint density at radius 2 is 2.18 bits per heavy atom. The van der Waals surface area contributed by atoms with Gasteiger partial charge in [0.25, 0.3) is 5.91 Å². The number of rotatable bonds is 6. The van der Waals surface area contributed by atoms with Gasteiger partial charge < -0.3 is 10.1 Å². The summed E-state index contributed by atoms with van der Waals surface area (Å²) in [5, 5.41) is 15.8. The Morgan fingerprint density at radius 3 is 3.04 bits per heavy atom. The van der Waals surface area contributed by atoms with Gasteiger partial charge in [0.2, 0.25) is 0 Å². The van der Waals surface area contributed by atoms with Crippen molar-refractivity contribution in [2.45, 2.75) is 13.1 Å². The first-order valence-corrected chi connectivity index (χ1v) is 9.06. The van der Waals surface area contributed by atoms with E-state index in [-0.39, 0.29) is 5.91 Å². The number of aromatic amines is 1. The lowest BCUT2D eigenvalue weighted by molar-refractivity contribution is 0.0950. The summed E-state index contributed by atoms with van der Waals surface area (Å²) in [6, 6.07) is 13.2. The summed E-state index contributed by atoms with van der Waals surface area (Å²) in [5.41, 5.74) is 3.13. The molecule has 4 rings (SSSR count). The van der Waals surface area contributed by atoms with E-state index in [2.05, 4.69) is 20.6 Å². The zero-order chi connectivity index (χ0) is 19.5. The third-order valence-corrected chi connectivity index (χ3v) is 4.63. The Hall–Kier alpha value is -3.32. The highest BCUT2D eigenvalue weighted by molar-refractivity contribution is 6.31. The van der Waals surface area contributed by atoms with Crippen molar-refractivity contribution < 1.29 is 9.53 Å². The van der Waals surface area contributed by atoms with Crippen LogP contribution in [0.3, 0.4) is 0 Å². The molecule has 8 heteroatoms. The summed E-state index contributed by atoms with van der Waals surface area (Å²) in [4.78, 5) is 12.5. The summed E-state index contributed by atoms with van der Waals surface area (Å²) in [5.74, 6) is 0.573. The fourth-order valence-corrected chi connectivity index (χ4v) is 3.14. The summed E-state index contributed by atoms with van der Waals surface area (Å²) in [7, 11) is 1.63. The second-order valence-electron chi connectivity index (χ2n) is 6.32. The number of halogens is 1. The number of H-pyrrole nitrogens is 1. The number of methoxy groups -OCH3 is 1. The van der Waals surface area contributed by atoms with E-state index in [1.807, 2.05) is 36.4 Å². The Morgan fingerprint density at radius 1 is 1.29 bits per heavy atom. The quantitative estimate of drug-likeness (QED) is 0.524. The molecule has 2 aromatic carbocycles. The summed E-state index contributed by atoms with van der Waals surface area (Å²) < 4.78 is 6.95. The third-order valence-electron chi connectivity index (χ3n) is 4.39. The molecule has 1 amide bonds. The number of ether oxygens (including phenoxy) is 1. The molecule has 2 N–H and O–H groups in total. The number of hydrogen-bond donors (Lipinski definition) is 2. The fraction of sp³-hybridized carbons (Fsp3) is 0.150. The van der Waals surface area contributed by atoms with E-state index in [0.717, 1.165) is 27.9 Å². The van der Waals surface area contributed by atoms with E-state index >= 15 is 0 Å². The molecule has 2 aromatic heterocycles. The first kappa shape index (κ1) is 18.1. The number of hydrogen-bond acceptors (Lipinski definition) is 4. The lowest BCUT2D eigenvalue weighted by atomic mass is 10.2. The fourth-order valence-electron chi connectivity index (χ4n) is 2.97. The van der Waals surface area contributed by atoms with Crippen LogP contribution in [-0.4, -0.2) is 33.0 Å². The van der Waals surface area contributed by atoms with Crippen molar-refractivity contribution in [3.05, 3.63) is 76.7 Å². The minimum atomic E-state index is -0.213. The third kappa shape index (κ3) is 3.84. The standard InChI is InChI=1S/C20H18ClN5O2/c1-28-16-4-2-3-13(7-16)11-26-12-14(9-23-26)20(27)22-10-19-17-8-15(21)5-6-18(17)24-25-19/h2-9,12H,10-11H2,1H3,(H,22,27)(H,24,25). The minimum absolute atomic E-state index is 0.213. The van der Waals surface area contributed by atoms with E-state index in [4.69, 9.17) is 16.3 Å². The van der Waals surface area contributed by atoms with Crippen LogP contribution < -0.4 is 10.1 Å². The van der Waals surface area contributed by atoms with Crippen molar-refractivity contribution in [2.75, 3.05) is 7.11 Å². The lowest BCUT2D eigenvalue weighted by Crippen LogP contribution is -2.22. The molecule has 0 atom stereocenters. The van der Waals surface area contributed by atoms with Crippen molar-refractivity contribution in [3.63, 3.8) is 0 Å². The molecule has 0 aliphatic heterocycles. The molecule has 0 spiro atoms. The molecule has 0 radical (unpaired) electrons. The monoisotopic (exact) mass is 395 g/mol. The predicted octanol–water partition coefficient (Wildman–Crippen LogP) is 3.40. The van der Waals surface area contributed by atoms with Crippen LogP contribution in [0.5, 0.6) is 5.75 Å². The van der Waals surface area contributed by atoms with E-state index in [0.29, 0.717) is 23.7 Å². The molecular formula is C20H18ClN5O2. The van der Waals surface area contributed by atoms with Crippen LogP contribution in [0.15, 0.2) is 54.9 Å². The smallest absolute Gasteiger partial charge is 0.254 e. The van der Waals surface area contributed by atoms with Gasteiger partial charge in [-0.1, -0.05) is 23.7 Å². The van der Waals surface area contributed by atoms with Gasteiger partial charge in [-0.05, 0) is 35.9 Å². The zero-order valence-corrected chi connectivity index (χ0v) is 15.9. The van der Waals surface area contributed by atoms with Crippen molar-refractivity contribution >= 4 is 28.4 Å². The van der Waals surface area contributed by atoms with Gasteiger partial charge in [-0.2, -0.15) is 10.2 Å². The Kier molecular flexibility index (Phi) is 4.99. The molecule has 0 fully saturated rings. The maximum Gasteiger partial charge on any atom is 0.254 e. The molecule has 0 saturated carbocycles. The van der Waals surface area contributed by atoms with Crippen molar-refractivity contribution in [3.8, 4) is 5.75 Å². The average molecular weight is 396 g/mol. The summed E-state index contributed by atoms with van der Waals surface area (Å²) in [6.07, 6.45) is 3.27. The van der Waals surface area contributed by atoms with Gasteiger partial charge in [0, 0.05) is 16.6 Å². The van der Waals surface area contributed by atoms with Crippen LogP contribution in [0.2, 0.25) is 5.02 Å². The van der Waals surface area contributed by atoms with E-state index in [9.17, 15) is 4.79 Å². The Bertz CT molecular complexity index is 1130. The van der Waals surface area contributed by atoms with E-state index < -0.39 is 0 Å². The number of aromatic nitrogens is 4. The average Bonchev–Trinajstić information content (AvgIpc) is 3.33. The largest absolute Gasteiger partial charge is 0.497 e. The zero-order valence-electron chi connectivity index (χ0n) is 15.1. The Labute approximate surface area is 166 Å². The molecule has 0 aliphatic carbocycles. The highest BCUT2D eigenvalue weighted by Crippen LogP contribution is 2.20. The molecular weight excluding hydrogens is 378 g/mol. The molecule has 0 aliphatic rings. The highest BCUT2D eigenvalue weighted by Gasteiger charge is 2.12. The summed E-state index contributed by atoms with van der Waals surface area (Å²) in [6.45, 7) is 0.840. The maximum atomic E-state index is 12.5. The molecule has 7 nitrogen and oxygen atoms in total. The highest BCUT2D eigenvalue weighted by atomic mass is 35.5. The van der Waals surface area contributed by atoms with Crippen LogP contribution in [0.1, 0.15) is 21.6 Å². The van der Waals surface area contributed by atoms with Crippen LogP contribution in [0.25, 0.3) is 10.9 Å². The van der Waals surface area contributed by atoms with Crippen molar-refractivity contribution in [1.82, 2.24) is 25.3 Å². The molecule has 0 bridgehead atoms. The van der Waals surface area contributed by atoms with Gasteiger partial charge in [0.05, 0.1) is 43.2 Å². The topological polar surface area (TPSA) is 84.8 Å². The van der Waals surface area contributed by atoms with Crippen LogP contribution in [0, 0.1) is 0 Å². The number of fused-ring (bicyclic) bond motifs is 1. The van der Waals surface area contributed by atoms with Gasteiger partial charge in [0.15, 0.2) is 0 Å². The number of amides is 1. The molecule has 2 heterocycles. The first-order valence-electron chi connectivity index (χ1n) is 8.68. The molecule has 142 valence electrons. The molecule has 0 unspecified atom stereocenters. The van der Waals surface area contributed by atoms with Gasteiger partial charge in [-0.3, -0.25) is 14.6 Å². The number of carbonyl (C=O) groups excluding carboxylic acids is 1. The molecule has 0 saturated heterocycles.